The van der Waals surface area contributed by atoms with Crippen molar-refractivity contribution in [1.29, 1.82) is 0 Å². The van der Waals surface area contributed by atoms with Crippen LogP contribution in [0, 0.1) is 0 Å². The number of benzene rings is 1. The van der Waals surface area contributed by atoms with Crippen molar-refractivity contribution < 1.29 is 8.42 Å². The Labute approximate surface area is 106 Å². The molecule has 2 aromatic rings. The molecule has 1 heterocycles. The molecule has 1 aromatic carbocycles. The van der Waals surface area contributed by atoms with Crippen molar-refractivity contribution in [2.24, 2.45) is 0 Å². The number of hydrogen-bond acceptors (Lipinski definition) is 5. The summed E-state index contributed by atoms with van der Waals surface area (Å²) in [5.74, 6) is 0.407. The van der Waals surface area contributed by atoms with Gasteiger partial charge in [0.05, 0.1) is 0 Å². The van der Waals surface area contributed by atoms with Gasteiger partial charge in [-0.15, -0.1) is 10.2 Å². The highest BCUT2D eigenvalue weighted by Gasteiger charge is 2.09. The molecule has 0 spiro atoms. The summed E-state index contributed by atoms with van der Waals surface area (Å²) in [5, 5.41) is 13.4. The lowest BCUT2D eigenvalue weighted by atomic mass is 10.2. The first-order valence-corrected chi connectivity index (χ1v) is 7.28. The standard InChI is InChI=1S/C8H8BrN5O2S/c9-5-17(15,16)12-7-3-1-2-6(4-7)8-10-13-14-11-8/h1-4,12H,5H2,(H,10,11,13,14). The van der Waals surface area contributed by atoms with Gasteiger partial charge in [-0.3, -0.25) is 4.72 Å². The Hall–Kier alpha value is -1.48. The SMILES string of the molecule is O=S(=O)(CBr)Nc1cccc(-c2nn[nH]n2)c1. The van der Waals surface area contributed by atoms with Crippen LogP contribution >= 0.6 is 15.9 Å². The molecule has 0 bridgehead atoms. The molecule has 7 nitrogen and oxygen atoms in total. The highest BCUT2D eigenvalue weighted by Crippen LogP contribution is 2.19. The number of hydrogen-bond donors (Lipinski definition) is 2. The van der Waals surface area contributed by atoms with Crippen LogP contribution in [0.15, 0.2) is 24.3 Å². The summed E-state index contributed by atoms with van der Waals surface area (Å²) in [6.07, 6.45) is 0. The third kappa shape index (κ3) is 3.01. The average molecular weight is 318 g/mol. The van der Waals surface area contributed by atoms with E-state index in [4.69, 9.17) is 0 Å². The molecule has 0 unspecified atom stereocenters. The van der Waals surface area contributed by atoms with Gasteiger partial charge >= 0.3 is 0 Å². The number of H-pyrrole nitrogens is 1. The highest BCUT2D eigenvalue weighted by molar-refractivity contribution is 9.10. The van der Waals surface area contributed by atoms with Crippen molar-refractivity contribution in [3.63, 3.8) is 0 Å². The normalized spacial score (nSPS) is 11.4. The number of rotatable bonds is 4. The number of aromatic amines is 1. The van der Waals surface area contributed by atoms with Gasteiger partial charge in [0.2, 0.25) is 15.8 Å². The van der Waals surface area contributed by atoms with Gasteiger partial charge in [0.1, 0.15) is 4.66 Å². The Balaban J connectivity index is 2.30. The third-order valence-corrected chi connectivity index (χ3v) is 4.53. The Bertz CT molecular complexity index is 598. The van der Waals surface area contributed by atoms with Gasteiger partial charge in [0.25, 0.3) is 0 Å². The predicted molar refractivity (Wildman–Crippen MR) is 66.0 cm³/mol. The minimum atomic E-state index is -3.36. The van der Waals surface area contributed by atoms with E-state index in [9.17, 15) is 8.42 Å². The van der Waals surface area contributed by atoms with Gasteiger partial charge in [-0.25, -0.2) is 8.42 Å². The van der Waals surface area contributed by atoms with Crippen molar-refractivity contribution in [2.75, 3.05) is 9.38 Å². The molecule has 90 valence electrons. The number of sulfonamides is 1. The highest BCUT2D eigenvalue weighted by atomic mass is 79.9. The Kier molecular flexibility index (Phi) is 3.38. The van der Waals surface area contributed by atoms with E-state index < -0.39 is 10.0 Å². The van der Waals surface area contributed by atoms with Crippen LogP contribution in [0.5, 0.6) is 0 Å². The minimum absolute atomic E-state index is 0.160. The zero-order chi connectivity index (χ0) is 12.3. The maximum Gasteiger partial charge on any atom is 0.242 e. The molecule has 17 heavy (non-hydrogen) atoms. The molecule has 0 fully saturated rings. The second-order valence-corrected chi connectivity index (χ2v) is 6.17. The molecule has 0 saturated heterocycles. The second kappa shape index (κ2) is 4.80. The Morgan fingerprint density at radius 1 is 1.41 bits per heavy atom. The third-order valence-electron chi connectivity index (χ3n) is 1.88. The van der Waals surface area contributed by atoms with E-state index in [2.05, 4.69) is 41.3 Å². The zero-order valence-electron chi connectivity index (χ0n) is 8.46. The number of anilines is 1. The van der Waals surface area contributed by atoms with Crippen LogP contribution in [-0.2, 0) is 10.0 Å². The van der Waals surface area contributed by atoms with Crippen molar-refractivity contribution in [3.05, 3.63) is 24.3 Å². The number of nitrogens with one attached hydrogen (secondary N) is 2. The van der Waals surface area contributed by atoms with Gasteiger partial charge in [-0.1, -0.05) is 28.1 Å². The molecule has 0 saturated carbocycles. The van der Waals surface area contributed by atoms with E-state index in [0.29, 0.717) is 17.1 Å². The Morgan fingerprint density at radius 3 is 2.88 bits per heavy atom. The molecule has 0 aliphatic carbocycles. The lowest BCUT2D eigenvalue weighted by Crippen LogP contribution is -2.13. The van der Waals surface area contributed by atoms with Gasteiger partial charge in [0.15, 0.2) is 0 Å². The molecule has 2 rings (SSSR count). The fraction of sp³-hybridized carbons (Fsp3) is 0.125. The summed E-state index contributed by atoms with van der Waals surface area (Å²) in [4.78, 5) is 0. The number of alkyl halides is 1. The van der Waals surface area contributed by atoms with Gasteiger partial charge in [-0.05, 0) is 17.3 Å². The summed E-state index contributed by atoms with van der Waals surface area (Å²) < 4.78 is 25.0. The molecule has 1 aromatic heterocycles. The van der Waals surface area contributed by atoms with Crippen LogP contribution in [0.2, 0.25) is 0 Å². The van der Waals surface area contributed by atoms with Crippen LogP contribution in [-0.4, -0.2) is 33.7 Å². The molecule has 0 atom stereocenters. The quantitative estimate of drug-likeness (QED) is 0.818. The summed E-state index contributed by atoms with van der Waals surface area (Å²) in [6.45, 7) is 0. The molecule has 0 radical (unpaired) electrons. The number of tetrazole rings is 1. The van der Waals surface area contributed by atoms with Crippen molar-refractivity contribution in [3.8, 4) is 11.4 Å². The van der Waals surface area contributed by atoms with E-state index in [0.717, 1.165) is 0 Å². The summed E-state index contributed by atoms with van der Waals surface area (Å²) in [7, 11) is -3.36. The van der Waals surface area contributed by atoms with Crippen molar-refractivity contribution in [1.82, 2.24) is 20.6 Å². The molecule has 0 aliphatic rings. The number of aromatic nitrogens is 4. The van der Waals surface area contributed by atoms with Gasteiger partial charge in [-0.2, -0.15) is 5.21 Å². The van der Waals surface area contributed by atoms with Crippen molar-refractivity contribution in [2.45, 2.75) is 0 Å². The summed E-state index contributed by atoms with van der Waals surface area (Å²) in [5.41, 5.74) is 1.13. The van der Waals surface area contributed by atoms with E-state index in [1.54, 1.807) is 24.3 Å². The average Bonchev–Trinajstić information content (AvgIpc) is 2.82. The number of nitrogens with zero attached hydrogens (tertiary/aromatic N) is 3. The van der Waals surface area contributed by atoms with Crippen molar-refractivity contribution >= 4 is 31.6 Å². The van der Waals surface area contributed by atoms with E-state index >= 15 is 0 Å². The van der Waals surface area contributed by atoms with Crippen LogP contribution in [0.1, 0.15) is 0 Å². The maximum absolute atomic E-state index is 11.4. The second-order valence-electron chi connectivity index (χ2n) is 3.14. The van der Waals surface area contributed by atoms with Crippen LogP contribution in [0.25, 0.3) is 11.4 Å². The fourth-order valence-electron chi connectivity index (χ4n) is 1.21. The van der Waals surface area contributed by atoms with Crippen LogP contribution < -0.4 is 4.72 Å². The first kappa shape index (κ1) is 12.0. The zero-order valence-corrected chi connectivity index (χ0v) is 10.9. The van der Waals surface area contributed by atoms with E-state index in [1.165, 1.54) is 0 Å². The first-order valence-electron chi connectivity index (χ1n) is 4.51. The lowest BCUT2D eigenvalue weighted by molar-refractivity contribution is 0.606. The molecule has 2 N–H and O–H groups in total. The topological polar surface area (TPSA) is 101 Å². The molecule has 0 amide bonds. The minimum Gasteiger partial charge on any atom is -0.283 e. The van der Waals surface area contributed by atoms with Crippen LogP contribution in [0.3, 0.4) is 0 Å². The smallest absolute Gasteiger partial charge is 0.242 e. The number of halogens is 1. The fourth-order valence-corrected chi connectivity index (χ4v) is 2.10. The molecular weight excluding hydrogens is 310 g/mol. The molecular formula is C8H8BrN5O2S. The molecule has 9 heteroatoms. The molecule has 0 aliphatic heterocycles. The van der Waals surface area contributed by atoms with Gasteiger partial charge < -0.3 is 0 Å². The summed E-state index contributed by atoms with van der Waals surface area (Å²) in [6, 6.07) is 6.74. The maximum atomic E-state index is 11.4. The van der Waals surface area contributed by atoms with Gasteiger partial charge in [0, 0.05) is 11.3 Å². The summed E-state index contributed by atoms with van der Waals surface area (Å²) >= 11 is 2.90. The van der Waals surface area contributed by atoms with E-state index in [-0.39, 0.29) is 4.66 Å². The van der Waals surface area contributed by atoms with E-state index in [1.807, 2.05) is 0 Å². The Morgan fingerprint density at radius 2 is 2.24 bits per heavy atom. The van der Waals surface area contributed by atoms with Crippen LogP contribution in [0.4, 0.5) is 5.69 Å². The monoisotopic (exact) mass is 317 g/mol. The lowest BCUT2D eigenvalue weighted by Gasteiger charge is -2.05. The predicted octanol–water partition coefficient (Wildman–Crippen LogP) is 0.961. The largest absolute Gasteiger partial charge is 0.283 e. The first-order chi connectivity index (χ1) is 8.11.